The van der Waals surface area contributed by atoms with Gasteiger partial charge in [0.15, 0.2) is 0 Å². The van der Waals surface area contributed by atoms with E-state index in [0.29, 0.717) is 5.92 Å². The standard InChI is InChI=1S/C22H23.3ClH.Ti/c1-4-18-11-12-21(15-18)22(19-9-5-7-16(2)13-19)20-10-6-8-17(3)14-20;;;;/h5-15,22H,4H2,1-3H3;3*1H;/q;;;;+3/p-3. The molecule has 1 aliphatic rings. The van der Waals surface area contributed by atoms with Gasteiger partial charge >= 0.3 is 152 Å². The SMILES string of the molecule is CCC1=C[C]([Ti+3])(C(c2cccc(C)c2)c2cccc(C)c2)C=C1.[Cl-].[Cl-].[Cl-]. The van der Waals surface area contributed by atoms with E-state index in [4.69, 9.17) is 0 Å². The van der Waals surface area contributed by atoms with Crippen molar-refractivity contribution in [3.8, 4) is 0 Å². The maximum Gasteiger partial charge on any atom is -1.00 e. The molecule has 0 amide bonds. The minimum atomic E-state index is 0. The Morgan fingerprint density at radius 3 is 1.77 bits per heavy atom. The summed E-state index contributed by atoms with van der Waals surface area (Å²) in [5.74, 6) is 0.350. The van der Waals surface area contributed by atoms with Crippen LogP contribution in [0.3, 0.4) is 0 Å². The molecule has 1 aliphatic carbocycles. The summed E-state index contributed by atoms with van der Waals surface area (Å²) >= 11 is 2.36. The molecular weight excluding hydrogens is 418 g/mol. The first-order chi connectivity index (χ1) is 11.0. The Morgan fingerprint density at radius 2 is 1.38 bits per heavy atom. The smallest absolute Gasteiger partial charge is 1.00 e. The fourth-order valence-electron chi connectivity index (χ4n) is 3.49. The molecule has 0 N–H and O–H groups in total. The van der Waals surface area contributed by atoms with Gasteiger partial charge in [-0.25, -0.2) is 0 Å². The van der Waals surface area contributed by atoms with Crippen LogP contribution in [0.4, 0.5) is 0 Å². The van der Waals surface area contributed by atoms with Gasteiger partial charge in [-0.15, -0.1) is 0 Å². The van der Waals surface area contributed by atoms with Crippen LogP contribution in [0.25, 0.3) is 0 Å². The third kappa shape index (κ3) is 5.50. The summed E-state index contributed by atoms with van der Waals surface area (Å²) in [5.41, 5.74) is 6.89. The van der Waals surface area contributed by atoms with Crippen molar-refractivity contribution in [3.63, 3.8) is 0 Å². The summed E-state index contributed by atoms with van der Waals surface area (Å²) < 4.78 is 0.0347. The van der Waals surface area contributed by atoms with E-state index in [1.165, 1.54) is 27.8 Å². The zero-order valence-electron chi connectivity index (χ0n) is 15.3. The Balaban J connectivity index is 0.00000208. The van der Waals surface area contributed by atoms with E-state index >= 15 is 0 Å². The van der Waals surface area contributed by atoms with Crippen LogP contribution in [-0.4, -0.2) is 0 Å². The van der Waals surface area contributed by atoms with Gasteiger partial charge in [0.25, 0.3) is 0 Å². The summed E-state index contributed by atoms with van der Waals surface area (Å²) in [5, 5.41) is 0. The Kier molecular flexibility index (Phi) is 10.5. The van der Waals surface area contributed by atoms with E-state index in [0.717, 1.165) is 6.42 Å². The van der Waals surface area contributed by atoms with Crippen LogP contribution in [0, 0.1) is 13.8 Å². The van der Waals surface area contributed by atoms with Gasteiger partial charge in [0.05, 0.1) is 0 Å². The molecule has 0 aliphatic heterocycles. The van der Waals surface area contributed by atoms with E-state index in [-0.39, 0.29) is 40.9 Å². The van der Waals surface area contributed by atoms with Crippen molar-refractivity contribution in [2.45, 2.75) is 36.8 Å². The van der Waals surface area contributed by atoms with Crippen molar-refractivity contribution in [2.24, 2.45) is 0 Å². The topological polar surface area (TPSA) is 0 Å². The number of halogens is 3. The van der Waals surface area contributed by atoms with E-state index in [9.17, 15) is 0 Å². The molecule has 0 spiro atoms. The Labute approximate surface area is 188 Å². The number of allylic oxidation sites excluding steroid dienone is 4. The zero-order valence-corrected chi connectivity index (χ0v) is 19.1. The van der Waals surface area contributed by atoms with Gasteiger partial charge in [0.2, 0.25) is 0 Å². The predicted molar refractivity (Wildman–Crippen MR) is 94.4 cm³/mol. The molecule has 2 aromatic rings. The molecule has 0 fully saturated rings. The van der Waals surface area contributed by atoms with Gasteiger partial charge in [-0.2, -0.15) is 0 Å². The van der Waals surface area contributed by atoms with Crippen LogP contribution < -0.4 is 37.2 Å². The van der Waals surface area contributed by atoms with Crippen LogP contribution in [0.2, 0.25) is 3.72 Å². The molecule has 136 valence electrons. The van der Waals surface area contributed by atoms with Gasteiger partial charge < -0.3 is 37.2 Å². The van der Waals surface area contributed by atoms with Crippen molar-refractivity contribution < 1.29 is 57.7 Å². The second-order valence-corrected chi connectivity index (χ2v) is 7.95. The van der Waals surface area contributed by atoms with Crippen molar-refractivity contribution in [2.75, 3.05) is 0 Å². The molecule has 1 atom stereocenters. The fourth-order valence-corrected chi connectivity index (χ4v) is 4.43. The summed E-state index contributed by atoms with van der Waals surface area (Å²) in [7, 11) is 0. The summed E-state index contributed by atoms with van der Waals surface area (Å²) in [4.78, 5) is 0. The van der Waals surface area contributed by atoms with E-state index in [1.807, 2.05) is 0 Å². The van der Waals surface area contributed by atoms with Crippen LogP contribution in [0.5, 0.6) is 0 Å². The van der Waals surface area contributed by atoms with E-state index < -0.39 is 0 Å². The van der Waals surface area contributed by atoms with Gasteiger partial charge in [-0.05, 0) is 0 Å². The van der Waals surface area contributed by atoms with Gasteiger partial charge in [0, 0.05) is 0 Å². The van der Waals surface area contributed by atoms with E-state index in [2.05, 4.69) is 108 Å². The number of aryl methyl sites for hydroxylation is 2. The molecule has 0 heterocycles. The monoisotopic (exact) mass is 440 g/mol. The Morgan fingerprint density at radius 1 is 0.885 bits per heavy atom. The Hall–Kier alpha value is -0.496. The van der Waals surface area contributed by atoms with Crippen molar-refractivity contribution in [3.05, 3.63) is 94.6 Å². The molecule has 3 rings (SSSR count). The molecule has 0 nitrogen and oxygen atoms in total. The summed E-state index contributed by atoms with van der Waals surface area (Å²) in [6.07, 6.45) is 8.25. The largest absolute Gasteiger partial charge is 1.00 e. The van der Waals surface area contributed by atoms with Gasteiger partial charge in [0.1, 0.15) is 0 Å². The molecule has 4 heteroatoms. The van der Waals surface area contributed by atoms with Crippen molar-refractivity contribution in [1.29, 1.82) is 0 Å². The molecule has 1 unspecified atom stereocenters. The average Bonchev–Trinajstić information content (AvgIpc) is 2.90. The molecular formula is C22H23Cl3Ti. The van der Waals surface area contributed by atoms with Gasteiger partial charge in [-0.3, -0.25) is 0 Å². The molecule has 0 bridgehead atoms. The maximum absolute atomic E-state index is 2.46. The number of hydrogen-bond acceptors (Lipinski definition) is 0. The number of rotatable bonds is 4. The third-order valence-electron chi connectivity index (χ3n) is 4.63. The van der Waals surface area contributed by atoms with Crippen LogP contribution in [0.1, 0.15) is 41.5 Å². The first-order valence-corrected chi connectivity index (χ1v) is 9.09. The second-order valence-electron chi connectivity index (χ2n) is 6.60. The molecule has 0 radical (unpaired) electrons. The normalized spacial score (nSPS) is 17.8. The van der Waals surface area contributed by atoms with Crippen molar-refractivity contribution in [1.82, 2.24) is 0 Å². The summed E-state index contributed by atoms with van der Waals surface area (Å²) in [6.45, 7) is 6.59. The molecule has 0 saturated carbocycles. The number of hydrogen-bond donors (Lipinski definition) is 0. The van der Waals surface area contributed by atoms with E-state index in [1.54, 1.807) is 0 Å². The molecule has 0 aromatic heterocycles. The molecule has 0 saturated heterocycles. The van der Waals surface area contributed by atoms with Crippen molar-refractivity contribution >= 4 is 0 Å². The quantitative estimate of drug-likeness (QED) is 0.446. The van der Waals surface area contributed by atoms with Crippen LogP contribution >= 0.6 is 0 Å². The first-order valence-electron chi connectivity index (χ1n) is 8.31. The van der Waals surface area contributed by atoms with Gasteiger partial charge in [-0.1, -0.05) is 0 Å². The fraction of sp³-hybridized carbons (Fsp3) is 0.273. The third-order valence-corrected chi connectivity index (χ3v) is 5.57. The number of benzene rings is 2. The molecule has 26 heavy (non-hydrogen) atoms. The minimum Gasteiger partial charge on any atom is -1.00 e. The zero-order chi connectivity index (χ0) is 16.4. The maximum atomic E-state index is 2.46. The first kappa shape index (κ1) is 25.5. The van der Waals surface area contributed by atoms with Crippen LogP contribution in [0.15, 0.2) is 72.3 Å². The Bertz CT molecular complexity index is 737. The second kappa shape index (κ2) is 10.7. The average molecular weight is 442 g/mol. The minimum absolute atomic E-state index is 0. The summed E-state index contributed by atoms with van der Waals surface area (Å²) in [6, 6.07) is 17.9. The van der Waals surface area contributed by atoms with Crippen LogP contribution in [-0.2, 0) is 20.4 Å². The predicted octanol–water partition coefficient (Wildman–Crippen LogP) is -2.94. The molecule has 2 aromatic carbocycles.